The predicted octanol–water partition coefficient (Wildman–Crippen LogP) is 3.81. The Balaban J connectivity index is 1.89. The maximum Gasteiger partial charge on any atom is 0.339 e. The van der Waals surface area contributed by atoms with Crippen molar-refractivity contribution in [2.24, 2.45) is 0 Å². The topological polar surface area (TPSA) is 65.2 Å². The Morgan fingerprint density at radius 3 is 2.61 bits per heavy atom. The minimum Gasteiger partial charge on any atom is -0.452 e. The van der Waals surface area contributed by atoms with Crippen molar-refractivity contribution >= 4 is 16.9 Å². The van der Waals surface area contributed by atoms with Gasteiger partial charge in [-0.3, -0.25) is 4.98 Å². The zero-order valence-corrected chi connectivity index (χ0v) is 13.6. The first-order valence-electron chi connectivity index (χ1n) is 7.42. The van der Waals surface area contributed by atoms with Gasteiger partial charge in [-0.15, -0.1) is 0 Å². The Hall–Kier alpha value is -2.69. The largest absolute Gasteiger partial charge is 0.452 e. The molecule has 0 bridgehead atoms. The Labute approximate surface area is 134 Å². The number of benzene rings is 1. The van der Waals surface area contributed by atoms with Crippen molar-refractivity contribution in [3.8, 4) is 0 Å². The molecule has 0 aliphatic rings. The second kappa shape index (κ2) is 5.83. The van der Waals surface area contributed by atoms with E-state index in [1.807, 2.05) is 45.9 Å². The van der Waals surface area contributed by atoms with E-state index in [9.17, 15) is 4.79 Å². The molecule has 0 amide bonds. The summed E-state index contributed by atoms with van der Waals surface area (Å²) in [7, 11) is 0. The SMILES string of the molecule is Cc1ccc2nc(C)cc(C(=O)OCc3nc(C)c(C)o3)c2c1. The highest BCUT2D eigenvalue weighted by Gasteiger charge is 2.15. The lowest BCUT2D eigenvalue weighted by Crippen LogP contribution is -2.07. The third-order valence-corrected chi connectivity index (χ3v) is 3.71. The van der Waals surface area contributed by atoms with Crippen molar-refractivity contribution in [3.05, 3.63) is 58.4 Å². The fourth-order valence-electron chi connectivity index (χ4n) is 2.45. The van der Waals surface area contributed by atoms with Crippen molar-refractivity contribution in [3.63, 3.8) is 0 Å². The third-order valence-electron chi connectivity index (χ3n) is 3.71. The van der Waals surface area contributed by atoms with Gasteiger partial charge in [-0.2, -0.15) is 0 Å². The molecular weight excluding hydrogens is 292 g/mol. The molecule has 0 radical (unpaired) electrons. The van der Waals surface area contributed by atoms with Gasteiger partial charge in [0, 0.05) is 11.1 Å². The normalized spacial score (nSPS) is 11.0. The standard InChI is InChI=1S/C18H18N2O3/c1-10-5-6-16-14(7-10)15(8-11(2)19-16)18(21)22-9-17-20-12(3)13(4)23-17/h5-8H,9H2,1-4H3. The van der Waals surface area contributed by atoms with Crippen LogP contribution in [0.5, 0.6) is 0 Å². The summed E-state index contributed by atoms with van der Waals surface area (Å²) >= 11 is 0. The second-order valence-electron chi connectivity index (χ2n) is 5.66. The smallest absolute Gasteiger partial charge is 0.339 e. The number of ether oxygens (including phenoxy) is 1. The fourth-order valence-corrected chi connectivity index (χ4v) is 2.45. The Bertz CT molecular complexity index is 877. The lowest BCUT2D eigenvalue weighted by Gasteiger charge is -2.08. The third kappa shape index (κ3) is 3.08. The zero-order valence-electron chi connectivity index (χ0n) is 13.6. The van der Waals surface area contributed by atoms with E-state index >= 15 is 0 Å². The van der Waals surface area contributed by atoms with Gasteiger partial charge < -0.3 is 9.15 Å². The van der Waals surface area contributed by atoms with Crippen molar-refractivity contribution in [2.75, 3.05) is 0 Å². The molecule has 5 nitrogen and oxygen atoms in total. The van der Waals surface area contributed by atoms with E-state index in [1.165, 1.54) is 0 Å². The summed E-state index contributed by atoms with van der Waals surface area (Å²) < 4.78 is 10.8. The number of oxazole rings is 1. The lowest BCUT2D eigenvalue weighted by atomic mass is 10.1. The lowest BCUT2D eigenvalue weighted by molar-refractivity contribution is 0.0439. The highest BCUT2D eigenvalue weighted by molar-refractivity contribution is 6.03. The van der Waals surface area contributed by atoms with Crippen LogP contribution in [0.15, 0.2) is 28.7 Å². The molecule has 0 N–H and O–H groups in total. The van der Waals surface area contributed by atoms with Crippen LogP contribution in [-0.2, 0) is 11.3 Å². The first kappa shape index (κ1) is 15.2. The number of carbonyl (C=O) groups is 1. The van der Waals surface area contributed by atoms with E-state index in [1.54, 1.807) is 6.07 Å². The van der Waals surface area contributed by atoms with E-state index in [2.05, 4.69) is 9.97 Å². The summed E-state index contributed by atoms with van der Waals surface area (Å²) in [6, 6.07) is 7.57. The minimum absolute atomic E-state index is 0.0161. The zero-order chi connectivity index (χ0) is 16.6. The molecule has 0 saturated heterocycles. The van der Waals surface area contributed by atoms with Crippen LogP contribution >= 0.6 is 0 Å². The molecule has 0 spiro atoms. The summed E-state index contributed by atoms with van der Waals surface area (Å²) in [6.45, 7) is 7.54. The van der Waals surface area contributed by atoms with Crippen LogP contribution in [0.1, 0.15) is 39.0 Å². The van der Waals surface area contributed by atoms with Crippen LogP contribution in [0, 0.1) is 27.7 Å². The monoisotopic (exact) mass is 310 g/mol. The number of esters is 1. The van der Waals surface area contributed by atoms with Crippen LogP contribution in [-0.4, -0.2) is 15.9 Å². The number of aryl methyl sites for hydroxylation is 4. The average molecular weight is 310 g/mol. The molecule has 0 unspecified atom stereocenters. The molecular formula is C18H18N2O3. The number of aromatic nitrogens is 2. The Kier molecular flexibility index (Phi) is 3.86. The summed E-state index contributed by atoms with van der Waals surface area (Å²) in [5, 5.41) is 0.792. The minimum atomic E-state index is -0.403. The van der Waals surface area contributed by atoms with Gasteiger partial charge in [0.05, 0.1) is 16.8 Å². The quantitative estimate of drug-likeness (QED) is 0.688. The fraction of sp³-hybridized carbons (Fsp3) is 0.278. The summed E-state index contributed by atoms with van der Waals surface area (Å²) in [5.41, 5.74) is 3.94. The number of carbonyl (C=O) groups excluding carboxylic acids is 1. The molecule has 0 atom stereocenters. The van der Waals surface area contributed by atoms with Gasteiger partial charge in [0.25, 0.3) is 0 Å². The van der Waals surface area contributed by atoms with Crippen molar-refractivity contribution in [1.82, 2.24) is 9.97 Å². The molecule has 0 aliphatic heterocycles. The van der Waals surface area contributed by atoms with E-state index < -0.39 is 5.97 Å². The van der Waals surface area contributed by atoms with Crippen LogP contribution in [0.25, 0.3) is 10.9 Å². The van der Waals surface area contributed by atoms with Crippen molar-refractivity contribution in [1.29, 1.82) is 0 Å². The van der Waals surface area contributed by atoms with Gasteiger partial charge in [0.15, 0.2) is 6.61 Å². The number of fused-ring (bicyclic) bond motifs is 1. The molecule has 5 heteroatoms. The number of pyridine rings is 1. The second-order valence-corrected chi connectivity index (χ2v) is 5.66. The predicted molar refractivity (Wildman–Crippen MR) is 86.3 cm³/mol. The number of hydrogen-bond donors (Lipinski definition) is 0. The van der Waals surface area contributed by atoms with Crippen LogP contribution in [0.3, 0.4) is 0 Å². The maximum atomic E-state index is 12.5. The molecule has 2 aromatic heterocycles. The molecule has 2 heterocycles. The van der Waals surface area contributed by atoms with E-state index in [-0.39, 0.29) is 6.61 Å². The molecule has 3 rings (SSSR count). The molecule has 0 aliphatic carbocycles. The van der Waals surface area contributed by atoms with Gasteiger partial charge in [-0.05, 0) is 45.9 Å². The highest BCUT2D eigenvalue weighted by atomic mass is 16.5. The van der Waals surface area contributed by atoms with Crippen LogP contribution in [0.4, 0.5) is 0 Å². The molecule has 0 fully saturated rings. The highest BCUT2D eigenvalue weighted by Crippen LogP contribution is 2.21. The van der Waals surface area contributed by atoms with Crippen molar-refractivity contribution < 1.29 is 13.9 Å². The Morgan fingerprint density at radius 2 is 1.91 bits per heavy atom. The van der Waals surface area contributed by atoms with E-state index in [0.717, 1.165) is 33.6 Å². The average Bonchev–Trinajstić information content (AvgIpc) is 2.83. The number of rotatable bonds is 3. The maximum absolute atomic E-state index is 12.5. The van der Waals surface area contributed by atoms with Gasteiger partial charge >= 0.3 is 5.97 Å². The van der Waals surface area contributed by atoms with Gasteiger partial charge in [-0.25, -0.2) is 9.78 Å². The number of nitrogens with zero attached hydrogens (tertiary/aromatic N) is 2. The molecule has 3 aromatic rings. The number of hydrogen-bond acceptors (Lipinski definition) is 5. The molecule has 23 heavy (non-hydrogen) atoms. The summed E-state index contributed by atoms with van der Waals surface area (Å²) in [6.07, 6.45) is 0. The summed E-state index contributed by atoms with van der Waals surface area (Å²) in [4.78, 5) is 21.1. The first-order chi connectivity index (χ1) is 10.9. The first-order valence-corrected chi connectivity index (χ1v) is 7.42. The Morgan fingerprint density at radius 1 is 1.13 bits per heavy atom. The van der Waals surface area contributed by atoms with Gasteiger partial charge in [-0.1, -0.05) is 11.6 Å². The van der Waals surface area contributed by atoms with Crippen LogP contribution < -0.4 is 0 Å². The van der Waals surface area contributed by atoms with E-state index in [4.69, 9.17) is 9.15 Å². The van der Waals surface area contributed by atoms with Gasteiger partial charge in [0.2, 0.25) is 5.89 Å². The van der Waals surface area contributed by atoms with Crippen LogP contribution in [0.2, 0.25) is 0 Å². The van der Waals surface area contributed by atoms with E-state index in [0.29, 0.717) is 11.5 Å². The van der Waals surface area contributed by atoms with Gasteiger partial charge in [0.1, 0.15) is 5.76 Å². The van der Waals surface area contributed by atoms with Crippen molar-refractivity contribution in [2.45, 2.75) is 34.3 Å². The molecule has 1 aromatic carbocycles. The molecule has 0 saturated carbocycles. The summed E-state index contributed by atoms with van der Waals surface area (Å²) in [5.74, 6) is 0.732. The molecule has 118 valence electrons.